The molecule has 15 nitrogen and oxygen atoms in total. The van der Waals surface area contributed by atoms with Gasteiger partial charge < -0.3 is 19.6 Å². The van der Waals surface area contributed by atoms with Gasteiger partial charge >= 0.3 is 5.97 Å². The second-order valence-corrected chi connectivity index (χ2v) is 21.6. The SMILES string of the molecule is Cc1cc2c(C3CCC(=O)NC3=O)nn(C)c2cc1N1CCN(CCCC[C@H]2CC[C@H](Oc3cccc(-c4ccc(N5CCc6cccc(C(=O)Nc7nc8ccccc8s7)c6C5)nc4C(=O)O)c3C)CC2)CC1. The van der Waals surface area contributed by atoms with Crippen LogP contribution in [0.3, 0.4) is 0 Å². The molecule has 11 rings (SSSR count). The van der Waals surface area contributed by atoms with Crippen molar-refractivity contribution in [1.82, 2.24) is 30.0 Å². The topological polar surface area (TPSA) is 175 Å². The Morgan fingerprint density at radius 1 is 0.838 bits per heavy atom. The van der Waals surface area contributed by atoms with Gasteiger partial charge in [-0.3, -0.25) is 34.6 Å². The summed E-state index contributed by atoms with van der Waals surface area (Å²) < 4.78 is 9.57. The number of carbonyl (C=O) groups is 4. The zero-order valence-electron chi connectivity index (χ0n) is 42.4. The van der Waals surface area contributed by atoms with Gasteiger partial charge in [-0.1, -0.05) is 60.6 Å². The first-order valence-electron chi connectivity index (χ1n) is 26.3. The summed E-state index contributed by atoms with van der Waals surface area (Å²) in [4.78, 5) is 67.5. The minimum Gasteiger partial charge on any atom is -0.490 e. The Kier molecular flexibility index (Phi) is 13.9. The molecule has 1 aliphatic carbocycles. The summed E-state index contributed by atoms with van der Waals surface area (Å²) in [5.41, 5.74) is 9.77. The summed E-state index contributed by atoms with van der Waals surface area (Å²) in [5, 5.41) is 22.3. The van der Waals surface area contributed by atoms with Crippen LogP contribution in [-0.4, -0.2) is 98.8 Å². The Balaban J connectivity index is 0.652. The lowest BCUT2D eigenvalue weighted by Crippen LogP contribution is -2.46. The summed E-state index contributed by atoms with van der Waals surface area (Å²) in [5.74, 6) is -0.175. The third-order valence-electron chi connectivity index (χ3n) is 15.9. The first-order chi connectivity index (χ1) is 35.9. The molecule has 2 saturated heterocycles. The van der Waals surface area contributed by atoms with Crippen molar-refractivity contribution in [3.05, 3.63) is 124 Å². The summed E-state index contributed by atoms with van der Waals surface area (Å²) >= 11 is 1.44. The zero-order valence-corrected chi connectivity index (χ0v) is 43.2. The Morgan fingerprint density at radius 3 is 2.45 bits per heavy atom. The number of ether oxygens (including phenoxy) is 1. The largest absolute Gasteiger partial charge is 0.490 e. The molecule has 4 aliphatic rings. The maximum Gasteiger partial charge on any atom is 0.355 e. The molecule has 6 heterocycles. The number of hydrogen-bond acceptors (Lipinski definition) is 12. The molecule has 1 atom stereocenters. The quantitative estimate of drug-likeness (QED) is 0.0696. The van der Waals surface area contributed by atoms with Gasteiger partial charge in [0.2, 0.25) is 11.8 Å². The maximum atomic E-state index is 13.7. The highest BCUT2D eigenvalue weighted by Crippen LogP contribution is 2.39. The number of imide groups is 1. The molecule has 1 unspecified atom stereocenters. The minimum atomic E-state index is -1.10. The van der Waals surface area contributed by atoms with Crippen molar-refractivity contribution in [2.75, 3.05) is 54.4 Å². The number of nitrogens with zero attached hydrogens (tertiary/aromatic N) is 7. The van der Waals surface area contributed by atoms with E-state index in [0.717, 1.165) is 113 Å². The van der Waals surface area contributed by atoms with Gasteiger partial charge in [0.25, 0.3) is 5.91 Å². The third-order valence-corrected chi connectivity index (χ3v) is 16.9. The Hall–Kier alpha value is -7.17. The number of rotatable bonds is 14. The van der Waals surface area contributed by atoms with Crippen LogP contribution in [0.2, 0.25) is 0 Å². The van der Waals surface area contributed by atoms with E-state index in [1.54, 1.807) is 0 Å². The lowest BCUT2D eigenvalue weighted by molar-refractivity contribution is -0.134. The number of aromatic nitrogens is 4. The van der Waals surface area contributed by atoms with Crippen molar-refractivity contribution < 1.29 is 29.0 Å². The number of pyridine rings is 1. The standard InChI is InChI=1S/C58H63N9O6S/c1-35-32-44-48(64(3)63-53(44)43-22-24-52(68)61-56(43)70)33-47(35)66-30-28-65(29-31-66)26-7-6-10-37-17-19-39(20-18-37)73-49-15-9-12-40(36(49)2)41-21-23-51(60-54(41)57(71)72)67-27-25-38-11-8-13-42(45(38)34-67)55(69)62-58-59-46-14-4-5-16-50(46)74-58/h4-5,8-9,11-16,21,23,32-33,37,39,43H,6-7,10,17-20,22,24-31,34H2,1-3H3,(H,71,72)(H,59,62,69)(H,61,68,70)/t37-,39-,43?. The maximum absolute atomic E-state index is 13.7. The molecule has 1 saturated carbocycles. The highest BCUT2D eigenvalue weighted by atomic mass is 32.1. The van der Waals surface area contributed by atoms with Gasteiger partial charge in [0.15, 0.2) is 10.8 Å². The summed E-state index contributed by atoms with van der Waals surface area (Å²) in [6.07, 6.45) is 9.55. The average molecular weight is 1010 g/mol. The average Bonchev–Trinajstić information content (AvgIpc) is 3.97. The van der Waals surface area contributed by atoms with Crippen LogP contribution in [0.1, 0.15) is 112 Å². The Labute approximate surface area is 434 Å². The summed E-state index contributed by atoms with van der Waals surface area (Å²) in [7, 11) is 1.93. The van der Waals surface area contributed by atoms with Gasteiger partial charge in [0.05, 0.1) is 33.4 Å². The molecule has 0 radical (unpaired) electrons. The predicted octanol–water partition coefficient (Wildman–Crippen LogP) is 9.83. The van der Waals surface area contributed by atoms with E-state index in [1.165, 1.54) is 41.9 Å². The van der Waals surface area contributed by atoms with Crippen LogP contribution in [0.15, 0.2) is 84.9 Å². The van der Waals surface area contributed by atoms with Crippen molar-refractivity contribution >= 4 is 72.8 Å². The highest BCUT2D eigenvalue weighted by molar-refractivity contribution is 7.22. The molecule has 0 bridgehead atoms. The molecular formula is C58H63N9O6S. The lowest BCUT2D eigenvalue weighted by Gasteiger charge is -2.37. The molecule has 382 valence electrons. The van der Waals surface area contributed by atoms with Gasteiger partial charge in [0, 0.05) is 74.9 Å². The van der Waals surface area contributed by atoms with Crippen LogP contribution in [0.5, 0.6) is 5.75 Å². The van der Waals surface area contributed by atoms with Gasteiger partial charge in [-0.15, -0.1) is 0 Å². The number of thiazole rings is 1. The number of carbonyl (C=O) groups excluding carboxylic acids is 3. The summed E-state index contributed by atoms with van der Waals surface area (Å²) in [6.45, 7) is 10.3. The fourth-order valence-electron chi connectivity index (χ4n) is 11.8. The minimum absolute atomic E-state index is 0.0168. The number of para-hydroxylation sites is 1. The first-order valence-corrected chi connectivity index (χ1v) is 27.1. The number of fused-ring (bicyclic) bond motifs is 3. The lowest BCUT2D eigenvalue weighted by atomic mass is 9.84. The fourth-order valence-corrected chi connectivity index (χ4v) is 12.7. The highest BCUT2D eigenvalue weighted by Gasteiger charge is 2.33. The number of piperidine rings is 1. The zero-order chi connectivity index (χ0) is 51.0. The van der Waals surface area contributed by atoms with E-state index in [-0.39, 0.29) is 29.5 Å². The van der Waals surface area contributed by atoms with Gasteiger partial charge in [-0.25, -0.2) is 14.8 Å². The monoisotopic (exact) mass is 1010 g/mol. The number of aryl methyl sites for hydroxylation is 2. The number of carboxylic acids is 1. The van der Waals surface area contributed by atoms with E-state index < -0.39 is 11.9 Å². The number of piperazine rings is 1. The molecule has 7 aromatic rings. The molecule has 4 aromatic carbocycles. The number of carboxylic acid groups (broad SMARTS) is 1. The van der Waals surface area contributed by atoms with Gasteiger partial charge in [0.1, 0.15) is 11.6 Å². The normalized spacial score (nSPS) is 19.4. The van der Waals surface area contributed by atoms with Crippen LogP contribution in [0.25, 0.3) is 32.2 Å². The second kappa shape index (κ2) is 21.0. The van der Waals surface area contributed by atoms with E-state index in [1.807, 2.05) is 85.4 Å². The number of nitrogens with one attached hydrogen (secondary N) is 2. The number of unbranched alkanes of at least 4 members (excludes halogenated alkanes) is 1. The molecule has 16 heteroatoms. The van der Waals surface area contributed by atoms with E-state index in [4.69, 9.17) is 14.8 Å². The number of aromatic carboxylic acids is 1. The van der Waals surface area contributed by atoms with E-state index in [2.05, 4.69) is 55.4 Å². The van der Waals surface area contributed by atoms with Crippen LogP contribution in [-0.2, 0) is 29.6 Å². The Bertz CT molecular complexity index is 3260. The van der Waals surface area contributed by atoms with Crippen LogP contribution in [0.4, 0.5) is 16.6 Å². The van der Waals surface area contributed by atoms with E-state index in [0.29, 0.717) is 60.3 Å². The predicted molar refractivity (Wildman–Crippen MR) is 290 cm³/mol. The van der Waals surface area contributed by atoms with Crippen molar-refractivity contribution in [3.8, 4) is 16.9 Å². The number of hydrogen-bond donors (Lipinski definition) is 3. The van der Waals surface area contributed by atoms with Crippen molar-refractivity contribution in [2.45, 2.75) is 96.6 Å². The smallest absolute Gasteiger partial charge is 0.355 e. The van der Waals surface area contributed by atoms with Crippen LogP contribution < -0.4 is 25.2 Å². The Morgan fingerprint density at radius 2 is 1.65 bits per heavy atom. The van der Waals surface area contributed by atoms with Crippen LogP contribution >= 0.6 is 11.3 Å². The number of anilines is 3. The molecule has 0 spiro atoms. The molecule has 3 aromatic heterocycles. The third kappa shape index (κ3) is 10.1. The molecule has 3 aliphatic heterocycles. The van der Waals surface area contributed by atoms with Crippen LogP contribution in [0, 0.1) is 19.8 Å². The molecular weight excluding hydrogens is 951 g/mol. The molecule has 3 N–H and O–H groups in total. The molecule has 3 amide bonds. The van der Waals surface area contributed by atoms with Gasteiger partial charge in [-0.05, 0) is 148 Å². The second-order valence-electron chi connectivity index (χ2n) is 20.6. The van der Waals surface area contributed by atoms with Gasteiger partial charge in [-0.2, -0.15) is 5.10 Å². The van der Waals surface area contributed by atoms with Crippen molar-refractivity contribution in [3.63, 3.8) is 0 Å². The molecule has 3 fully saturated rings. The first kappa shape index (κ1) is 49.1. The summed E-state index contributed by atoms with van der Waals surface area (Å²) in [6, 6.07) is 27.6. The van der Waals surface area contributed by atoms with E-state index in [9.17, 15) is 24.3 Å². The fraction of sp³-hybridized carbons (Fsp3) is 0.397. The molecule has 74 heavy (non-hydrogen) atoms. The number of benzene rings is 4. The van der Waals surface area contributed by atoms with Crippen molar-refractivity contribution in [2.24, 2.45) is 13.0 Å². The van der Waals surface area contributed by atoms with Crippen molar-refractivity contribution in [1.29, 1.82) is 0 Å². The van der Waals surface area contributed by atoms with E-state index >= 15 is 0 Å². The number of amides is 3.